The van der Waals surface area contributed by atoms with Gasteiger partial charge in [0, 0.05) is 13.1 Å². The molecule has 1 heterocycles. The van der Waals surface area contributed by atoms with Crippen LogP contribution in [0.1, 0.15) is 12.8 Å². The lowest BCUT2D eigenvalue weighted by Gasteiger charge is -2.16. The first kappa shape index (κ1) is 19.9. The highest BCUT2D eigenvalue weighted by Gasteiger charge is 2.27. The Kier molecular flexibility index (Phi) is 6.26. The van der Waals surface area contributed by atoms with Crippen LogP contribution in [0.2, 0.25) is 10.0 Å². The van der Waals surface area contributed by atoms with Crippen LogP contribution in [0.5, 0.6) is 5.75 Å². The topological polar surface area (TPSA) is 75.7 Å². The Labute approximate surface area is 168 Å². The van der Waals surface area contributed by atoms with Gasteiger partial charge in [0.15, 0.2) is 6.61 Å². The van der Waals surface area contributed by atoms with Gasteiger partial charge in [0.2, 0.25) is 10.0 Å². The highest BCUT2D eigenvalue weighted by atomic mass is 35.5. The number of nitrogens with zero attached hydrogens (tertiary/aromatic N) is 1. The molecule has 0 aliphatic carbocycles. The summed E-state index contributed by atoms with van der Waals surface area (Å²) < 4.78 is 31.9. The summed E-state index contributed by atoms with van der Waals surface area (Å²) in [5.41, 5.74) is 0.478. The van der Waals surface area contributed by atoms with Crippen LogP contribution < -0.4 is 10.1 Å². The molecule has 0 spiro atoms. The second kappa shape index (κ2) is 8.48. The van der Waals surface area contributed by atoms with Crippen molar-refractivity contribution in [3.05, 3.63) is 52.5 Å². The minimum absolute atomic E-state index is 0.113. The van der Waals surface area contributed by atoms with Gasteiger partial charge < -0.3 is 10.1 Å². The first-order valence-corrected chi connectivity index (χ1v) is 10.5. The van der Waals surface area contributed by atoms with Gasteiger partial charge in [-0.15, -0.1) is 0 Å². The molecule has 0 unspecified atom stereocenters. The molecule has 9 heteroatoms. The lowest BCUT2D eigenvalue weighted by molar-refractivity contribution is -0.118. The molecular formula is C18H18Cl2N2O4S. The number of para-hydroxylation sites is 1. The molecule has 0 atom stereocenters. The predicted octanol–water partition coefficient (Wildman–Crippen LogP) is 3.80. The van der Waals surface area contributed by atoms with Crippen LogP contribution >= 0.6 is 23.2 Å². The van der Waals surface area contributed by atoms with Gasteiger partial charge in [-0.05, 0) is 43.2 Å². The van der Waals surface area contributed by atoms with Gasteiger partial charge in [0.05, 0.1) is 20.6 Å². The molecule has 2 aromatic carbocycles. The maximum absolute atomic E-state index is 12.5. The van der Waals surface area contributed by atoms with E-state index in [2.05, 4.69) is 5.32 Å². The molecule has 1 fully saturated rings. The van der Waals surface area contributed by atoms with E-state index in [1.54, 1.807) is 24.3 Å². The van der Waals surface area contributed by atoms with E-state index in [4.69, 9.17) is 27.9 Å². The number of halogens is 2. The molecule has 2 aromatic rings. The summed E-state index contributed by atoms with van der Waals surface area (Å²) in [7, 11) is -3.56. The van der Waals surface area contributed by atoms with Gasteiger partial charge in [0.1, 0.15) is 5.75 Å². The Bertz CT molecular complexity index is 944. The average molecular weight is 429 g/mol. The third-order valence-corrected chi connectivity index (χ3v) is 6.63. The Morgan fingerprint density at radius 2 is 1.78 bits per heavy atom. The highest BCUT2D eigenvalue weighted by Crippen LogP contribution is 2.30. The molecule has 144 valence electrons. The van der Waals surface area contributed by atoms with E-state index >= 15 is 0 Å². The van der Waals surface area contributed by atoms with Gasteiger partial charge in [-0.25, -0.2) is 8.42 Å². The number of hydrogen-bond acceptors (Lipinski definition) is 4. The number of sulfonamides is 1. The number of hydrogen-bond donors (Lipinski definition) is 1. The van der Waals surface area contributed by atoms with E-state index in [1.165, 1.54) is 22.5 Å². The van der Waals surface area contributed by atoms with Gasteiger partial charge >= 0.3 is 0 Å². The largest absolute Gasteiger partial charge is 0.482 e. The molecule has 1 aliphatic heterocycles. The number of carbonyl (C=O) groups is 1. The number of rotatable bonds is 6. The lowest BCUT2D eigenvalue weighted by Crippen LogP contribution is -2.27. The molecular weight excluding hydrogens is 411 g/mol. The van der Waals surface area contributed by atoms with Crippen LogP contribution in [0.3, 0.4) is 0 Å². The third kappa shape index (κ3) is 4.73. The number of anilines is 1. The maximum atomic E-state index is 12.5. The van der Waals surface area contributed by atoms with Crippen molar-refractivity contribution in [1.29, 1.82) is 0 Å². The fraction of sp³-hybridized carbons (Fsp3) is 0.278. The molecule has 1 amide bonds. The normalized spacial score (nSPS) is 14.9. The second-order valence-electron chi connectivity index (χ2n) is 6.02. The van der Waals surface area contributed by atoms with E-state index in [0.717, 1.165) is 12.8 Å². The van der Waals surface area contributed by atoms with Crippen molar-refractivity contribution in [1.82, 2.24) is 4.31 Å². The summed E-state index contributed by atoms with van der Waals surface area (Å²) in [5, 5.41) is 3.17. The van der Waals surface area contributed by atoms with E-state index in [0.29, 0.717) is 23.8 Å². The molecule has 3 rings (SSSR count). The van der Waals surface area contributed by atoms with Crippen molar-refractivity contribution in [3.63, 3.8) is 0 Å². The van der Waals surface area contributed by atoms with Crippen LogP contribution in [-0.4, -0.2) is 38.3 Å². The molecule has 6 nitrogen and oxygen atoms in total. The standard InChI is InChI=1S/C18H18Cl2N2O4S/c19-14-5-1-2-6-16(14)21-18(23)12-26-17-8-7-13(11-15(17)20)27(24,25)22-9-3-4-10-22/h1-2,5-8,11H,3-4,9-10,12H2,(H,21,23). The SMILES string of the molecule is O=C(COc1ccc(S(=O)(=O)N2CCCC2)cc1Cl)Nc1ccccc1Cl. The molecule has 0 aromatic heterocycles. The minimum Gasteiger partial charge on any atom is -0.482 e. The number of benzene rings is 2. The Morgan fingerprint density at radius 1 is 1.07 bits per heavy atom. The summed E-state index contributed by atoms with van der Waals surface area (Å²) in [5.74, 6) is -0.181. The number of nitrogens with one attached hydrogen (secondary N) is 1. The first-order valence-electron chi connectivity index (χ1n) is 8.35. The summed E-state index contributed by atoms with van der Waals surface area (Å²) in [6, 6.07) is 11.1. The number of carbonyl (C=O) groups excluding carboxylic acids is 1. The molecule has 0 saturated carbocycles. The van der Waals surface area contributed by atoms with Gasteiger partial charge in [-0.3, -0.25) is 4.79 Å². The zero-order valence-corrected chi connectivity index (χ0v) is 16.6. The molecule has 1 aliphatic rings. The van der Waals surface area contributed by atoms with Crippen LogP contribution in [0.25, 0.3) is 0 Å². The van der Waals surface area contributed by atoms with E-state index in [1.807, 2.05) is 0 Å². The smallest absolute Gasteiger partial charge is 0.262 e. The van der Waals surface area contributed by atoms with E-state index in [-0.39, 0.29) is 22.3 Å². The first-order chi connectivity index (χ1) is 12.9. The van der Waals surface area contributed by atoms with E-state index in [9.17, 15) is 13.2 Å². The number of amides is 1. The summed E-state index contributed by atoms with van der Waals surface area (Å²) in [4.78, 5) is 12.1. The molecule has 0 radical (unpaired) electrons. The monoisotopic (exact) mass is 428 g/mol. The van der Waals surface area contributed by atoms with Crippen molar-refractivity contribution in [2.24, 2.45) is 0 Å². The molecule has 27 heavy (non-hydrogen) atoms. The fourth-order valence-electron chi connectivity index (χ4n) is 2.73. The summed E-state index contributed by atoms with van der Waals surface area (Å²) in [6.45, 7) is 0.740. The van der Waals surface area contributed by atoms with Crippen molar-refractivity contribution in [2.75, 3.05) is 25.0 Å². The van der Waals surface area contributed by atoms with Crippen molar-refractivity contribution < 1.29 is 17.9 Å². The Hall–Kier alpha value is -1.80. The average Bonchev–Trinajstić information content (AvgIpc) is 3.18. The molecule has 1 N–H and O–H groups in total. The van der Waals surface area contributed by atoms with Gasteiger partial charge in [0.25, 0.3) is 5.91 Å². The summed E-state index contributed by atoms with van der Waals surface area (Å²) in [6.07, 6.45) is 1.71. The highest BCUT2D eigenvalue weighted by molar-refractivity contribution is 7.89. The zero-order chi connectivity index (χ0) is 19.4. The van der Waals surface area contributed by atoms with Crippen molar-refractivity contribution in [3.8, 4) is 5.75 Å². The molecule has 0 bridgehead atoms. The summed E-state index contributed by atoms with van der Waals surface area (Å²) >= 11 is 12.1. The Morgan fingerprint density at radius 3 is 2.44 bits per heavy atom. The predicted molar refractivity (Wildman–Crippen MR) is 105 cm³/mol. The van der Waals surface area contributed by atoms with Gasteiger partial charge in [-0.1, -0.05) is 35.3 Å². The van der Waals surface area contributed by atoms with Crippen LogP contribution in [0.4, 0.5) is 5.69 Å². The van der Waals surface area contributed by atoms with Crippen molar-refractivity contribution in [2.45, 2.75) is 17.7 Å². The van der Waals surface area contributed by atoms with E-state index < -0.39 is 15.9 Å². The minimum atomic E-state index is -3.56. The third-order valence-electron chi connectivity index (χ3n) is 4.11. The maximum Gasteiger partial charge on any atom is 0.262 e. The number of ether oxygens (including phenoxy) is 1. The molecule has 1 saturated heterocycles. The fourth-order valence-corrected chi connectivity index (χ4v) is 4.76. The Balaban J connectivity index is 1.64. The van der Waals surface area contributed by atoms with Crippen molar-refractivity contribution >= 4 is 44.8 Å². The second-order valence-corrected chi connectivity index (χ2v) is 8.77. The van der Waals surface area contributed by atoms with Gasteiger partial charge in [-0.2, -0.15) is 4.31 Å². The van der Waals surface area contributed by atoms with Crippen LogP contribution in [0.15, 0.2) is 47.4 Å². The lowest BCUT2D eigenvalue weighted by atomic mass is 10.3. The quantitative estimate of drug-likeness (QED) is 0.758. The zero-order valence-electron chi connectivity index (χ0n) is 14.3. The van der Waals surface area contributed by atoms with Crippen LogP contribution in [-0.2, 0) is 14.8 Å². The van der Waals surface area contributed by atoms with Crippen LogP contribution in [0, 0.1) is 0 Å².